The summed E-state index contributed by atoms with van der Waals surface area (Å²) in [5.74, 6) is 0. The van der Waals surface area contributed by atoms with Crippen LogP contribution in [0.5, 0.6) is 0 Å². The molecule has 0 radical (unpaired) electrons. The van der Waals surface area contributed by atoms with Gasteiger partial charge >= 0.3 is 63.8 Å². The van der Waals surface area contributed by atoms with Gasteiger partial charge in [-0.3, -0.25) is 9.05 Å². The summed E-state index contributed by atoms with van der Waals surface area (Å²) in [6, 6.07) is 0. The summed E-state index contributed by atoms with van der Waals surface area (Å²) < 4.78 is 24.3. The summed E-state index contributed by atoms with van der Waals surface area (Å²) in [4.78, 5) is 19.6. The van der Waals surface area contributed by atoms with Gasteiger partial charge in [-0.2, -0.15) is 0 Å². The molecule has 0 aliphatic heterocycles. The van der Waals surface area contributed by atoms with E-state index in [9.17, 15) is 18.9 Å². The molecule has 6 nitrogen and oxygen atoms in total. The van der Waals surface area contributed by atoms with Gasteiger partial charge in [-0.15, -0.1) is 0 Å². The van der Waals surface area contributed by atoms with Crippen molar-refractivity contribution in [2.24, 2.45) is 0 Å². The van der Waals surface area contributed by atoms with Crippen molar-refractivity contribution < 1.29 is 87.1 Å². The van der Waals surface area contributed by atoms with Crippen molar-refractivity contribution in [2.45, 2.75) is 4.71 Å². The number of hydrogen-bond donors (Lipinski definition) is 0. The SMILES string of the molecule is O=[PH]([O-])OC(Cl)(Cl)O[PH](=O)[O-].[Na+].[Na+]. The molecule has 13 heavy (non-hydrogen) atoms. The van der Waals surface area contributed by atoms with E-state index in [1.54, 1.807) is 0 Å². The Balaban J connectivity index is -0.000000500. The third-order valence-electron chi connectivity index (χ3n) is 0.404. The molecule has 0 saturated carbocycles. The first-order valence-corrected chi connectivity index (χ1v) is 5.22. The second-order valence-corrected chi connectivity index (χ2v) is 3.76. The van der Waals surface area contributed by atoms with E-state index in [4.69, 9.17) is 23.2 Å². The Morgan fingerprint density at radius 2 is 1.23 bits per heavy atom. The Bertz CT molecular complexity index is 169. The Morgan fingerprint density at radius 1 is 1.00 bits per heavy atom. The van der Waals surface area contributed by atoms with Crippen molar-refractivity contribution in [3.63, 3.8) is 0 Å². The van der Waals surface area contributed by atoms with Crippen molar-refractivity contribution in [2.75, 3.05) is 0 Å². The Kier molecular flexibility index (Phi) is 16.4. The zero-order chi connectivity index (χ0) is 9.07. The quantitative estimate of drug-likeness (QED) is 0.221. The zero-order valence-corrected chi connectivity index (χ0v) is 14.2. The molecule has 0 heterocycles. The zero-order valence-electron chi connectivity index (χ0n) is 6.71. The van der Waals surface area contributed by atoms with Crippen LogP contribution in [0.2, 0.25) is 0 Å². The average molecular weight is 289 g/mol. The first-order chi connectivity index (χ1) is 4.83. The second kappa shape index (κ2) is 10.1. The second-order valence-electron chi connectivity index (χ2n) is 1.17. The first kappa shape index (κ1) is 21.2. The fourth-order valence-corrected chi connectivity index (χ4v) is 1.53. The molecule has 0 aliphatic rings. The molecule has 0 bridgehead atoms. The fraction of sp³-hybridized carbons (Fsp3) is 1.00. The molecule has 0 aliphatic carbocycles. The molecule has 12 heteroatoms. The van der Waals surface area contributed by atoms with Crippen LogP contribution in [-0.4, -0.2) is 4.71 Å². The van der Waals surface area contributed by atoms with Crippen molar-refractivity contribution >= 4 is 39.7 Å². The maximum absolute atomic E-state index is 9.81. The maximum atomic E-state index is 9.81. The summed E-state index contributed by atoms with van der Waals surface area (Å²) >= 11 is 9.80. The molecule has 0 N–H and O–H groups in total. The van der Waals surface area contributed by atoms with Crippen LogP contribution in [0.3, 0.4) is 0 Å². The first-order valence-electron chi connectivity index (χ1n) is 2.01. The summed E-state index contributed by atoms with van der Waals surface area (Å²) in [7, 11) is -7.37. The van der Waals surface area contributed by atoms with Crippen LogP contribution in [0.1, 0.15) is 0 Å². The van der Waals surface area contributed by atoms with E-state index in [1.807, 2.05) is 0 Å². The van der Waals surface area contributed by atoms with Crippen LogP contribution in [0.4, 0.5) is 0 Å². The topological polar surface area (TPSA) is 98.7 Å². The molecule has 0 aromatic carbocycles. The van der Waals surface area contributed by atoms with Gasteiger partial charge in [-0.05, 0) is 23.2 Å². The van der Waals surface area contributed by atoms with Gasteiger partial charge in [0.25, 0.3) is 0 Å². The molecular formula is CH2Cl2Na2O6P2. The summed E-state index contributed by atoms with van der Waals surface area (Å²) in [6.07, 6.45) is 0. The predicted octanol–water partition coefficient (Wildman–Crippen LogP) is -6.38. The Hall–Kier alpha value is 2.88. The smallest absolute Gasteiger partial charge is 0.781 e. The van der Waals surface area contributed by atoms with Crippen LogP contribution >= 0.6 is 39.7 Å². The molecule has 0 saturated heterocycles. The molecule has 0 aromatic heterocycles. The normalized spacial score (nSPS) is 15.1. The minimum absolute atomic E-state index is 0. The standard InChI is InChI=1S/CH4Cl2O6P2.2Na/c2-1(3,8-10(4)5)9-11(6)7;;/h10-11H,(H,4,5)(H,6,7);;/q;2*+1/p-2. The van der Waals surface area contributed by atoms with Crippen LogP contribution < -0.4 is 68.9 Å². The molecule has 0 rings (SSSR count). The largest absolute Gasteiger partial charge is 1.00 e. The van der Waals surface area contributed by atoms with Crippen LogP contribution in [0.15, 0.2) is 0 Å². The van der Waals surface area contributed by atoms with Gasteiger partial charge in [0.15, 0.2) is 0 Å². The summed E-state index contributed by atoms with van der Waals surface area (Å²) in [5.41, 5.74) is 0. The molecule has 0 fully saturated rings. The molecule has 0 spiro atoms. The Labute approximate surface area is 130 Å². The molecule has 2 unspecified atom stereocenters. The van der Waals surface area contributed by atoms with Gasteiger partial charge in [0.1, 0.15) is 16.5 Å². The maximum Gasteiger partial charge on any atom is 1.00 e. The fourth-order valence-electron chi connectivity index (χ4n) is 0.215. The monoisotopic (exact) mass is 288 g/mol. The molecule has 0 aromatic rings. The van der Waals surface area contributed by atoms with Crippen molar-refractivity contribution in [1.29, 1.82) is 0 Å². The molecular weight excluding hydrogens is 287 g/mol. The minimum Gasteiger partial charge on any atom is -0.781 e. The third-order valence-corrected chi connectivity index (χ3v) is 2.14. The summed E-state index contributed by atoms with van der Waals surface area (Å²) in [6.45, 7) is 0. The van der Waals surface area contributed by atoms with E-state index in [2.05, 4.69) is 9.05 Å². The number of hydrogen-bond acceptors (Lipinski definition) is 6. The van der Waals surface area contributed by atoms with E-state index >= 15 is 0 Å². The molecule has 2 atom stereocenters. The van der Waals surface area contributed by atoms with Gasteiger partial charge in [0.05, 0.1) is 0 Å². The van der Waals surface area contributed by atoms with Crippen molar-refractivity contribution in [3.05, 3.63) is 0 Å². The Morgan fingerprint density at radius 3 is 1.38 bits per heavy atom. The van der Waals surface area contributed by atoms with E-state index in [-0.39, 0.29) is 59.1 Å². The van der Waals surface area contributed by atoms with Gasteiger partial charge in [-0.1, -0.05) is 0 Å². The summed E-state index contributed by atoms with van der Waals surface area (Å²) in [5, 5.41) is 0. The van der Waals surface area contributed by atoms with Crippen molar-refractivity contribution in [3.8, 4) is 0 Å². The molecule has 68 valence electrons. The van der Waals surface area contributed by atoms with E-state index in [1.165, 1.54) is 0 Å². The van der Waals surface area contributed by atoms with Gasteiger partial charge < -0.3 is 18.9 Å². The van der Waals surface area contributed by atoms with Crippen LogP contribution in [-0.2, 0) is 18.2 Å². The van der Waals surface area contributed by atoms with Crippen LogP contribution in [0, 0.1) is 0 Å². The minimum atomic E-state index is -3.69. The van der Waals surface area contributed by atoms with E-state index < -0.39 is 21.2 Å². The van der Waals surface area contributed by atoms with Gasteiger partial charge in [0.2, 0.25) is 0 Å². The van der Waals surface area contributed by atoms with Gasteiger partial charge in [0, 0.05) is 0 Å². The number of rotatable bonds is 4. The van der Waals surface area contributed by atoms with E-state index in [0.717, 1.165) is 0 Å². The number of alkyl halides is 2. The average Bonchev–Trinajstić information content (AvgIpc) is 1.53. The van der Waals surface area contributed by atoms with Gasteiger partial charge in [-0.25, -0.2) is 0 Å². The van der Waals surface area contributed by atoms with E-state index in [0.29, 0.717) is 0 Å². The molecule has 0 amide bonds. The third kappa shape index (κ3) is 14.9. The van der Waals surface area contributed by atoms with Crippen LogP contribution in [0.25, 0.3) is 0 Å². The van der Waals surface area contributed by atoms with Crippen molar-refractivity contribution in [1.82, 2.24) is 0 Å². The predicted molar refractivity (Wildman–Crippen MR) is 34.6 cm³/mol. The number of halogens is 2.